The summed E-state index contributed by atoms with van der Waals surface area (Å²) < 4.78 is 18.7. The number of methoxy groups -OCH3 is 1. The lowest BCUT2D eigenvalue weighted by atomic mass is 10.0. The molecule has 0 fully saturated rings. The van der Waals surface area contributed by atoms with E-state index in [2.05, 4.69) is 26.6 Å². The highest BCUT2D eigenvalue weighted by molar-refractivity contribution is 6.31. The zero-order valence-electron chi connectivity index (χ0n) is 26.1. The summed E-state index contributed by atoms with van der Waals surface area (Å²) in [7, 11) is 1.21. The van der Waals surface area contributed by atoms with Crippen LogP contribution in [0, 0.1) is 11.7 Å². The minimum atomic E-state index is -1.18. The summed E-state index contributed by atoms with van der Waals surface area (Å²) in [6.45, 7) is 3.84. The molecule has 5 N–H and O–H groups in total. The normalized spacial score (nSPS) is 19.3. The lowest BCUT2D eigenvalue weighted by molar-refractivity contribution is -0.144. The highest BCUT2D eigenvalue weighted by atomic mass is 35.5. The Morgan fingerprint density at radius 1 is 1.07 bits per heavy atom. The molecule has 11 nitrogen and oxygen atoms in total. The predicted octanol–water partition coefficient (Wildman–Crippen LogP) is 2.96. The molecule has 1 heterocycles. The van der Waals surface area contributed by atoms with Crippen LogP contribution in [0.3, 0.4) is 0 Å². The van der Waals surface area contributed by atoms with E-state index in [-0.39, 0.29) is 31.1 Å². The zero-order valence-corrected chi connectivity index (χ0v) is 26.9. The first-order valence-corrected chi connectivity index (χ1v) is 15.5. The highest BCUT2D eigenvalue weighted by Gasteiger charge is 2.31. The van der Waals surface area contributed by atoms with Gasteiger partial charge in [-0.3, -0.25) is 14.4 Å². The van der Waals surface area contributed by atoms with E-state index in [4.69, 9.17) is 16.3 Å². The molecule has 1 aliphatic rings. The maximum absolute atomic E-state index is 13.9. The maximum atomic E-state index is 13.9. The van der Waals surface area contributed by atoms with Crippen LogP contribution in [-0.2, 0) is 36.8 Å². The second-order valence-electron chi connectivity index (χ2n) is 11.4. The van der Waals surface area contributed by atoms with E-state index in [1.165, 1.54) is 31.4 Å². The molecule has 3 rings (SSSR count). The van der Waals surface area contributed by atoms with Gasteiger partial charge in [0.15, 0.2) is 0 Å². The van der Waals surface area contributed by atoms with E-state index in [0.29, 0.717) is 35.5 Å². The number of esters is 1. The van der Waals surface area contributed by atoms with Crippen molar-refractivity contribution < 1.29 is 33.1 Å². The van der Waals surface area contributed by atoms with Crippen LogP contribution >= 0.6 is 11.6 Å². The molecule has 2 aromatic carbocycles. The van der Waals surface area contributed by atoms with Crippen molar-refractivity contribution >= 4 is 41.3 Å². The minimum absolute atomic E-state index is 0.00516. The van der Waals surface area contributed by atoms with Gasteiger partial charge in [0.2, 0.25) is 17.7 Å². The lowest BCUT2D eigenvalue weighted by Crippen LogP contribution is -2.58. The molecule has 0 radical (unpaired) electrons. The standard InChI is InChI=1S/C33H41ClFN5O6/c1-20(2)29(32(44)46-3)40-33(45)39-27(19-22-10-4-5-12-25(22)34)31(43)38-26-13-6-7-16-36-28(41)15-14-24(37-30(26)42)18-21-9-8-11-23(35)17-21/h4-5,8-12,14-15,17,20,24,26-27,29H,6-7,13,16,18-19H2,1-3H3,(H,36,41)(H,37,42)(H,38,43)(H2,39,40,45)/b15-14+/t24-,26+,27+,29?/m1/s1. The van der Waals surface area contributed by atoms with Gasteiger partial charge in [-0.15, -0.1) is 0 Å². The van der Waals surface area contributed by atoms with Gasteiger partial charge in [-0.25, -0.2) is 14.0 Å². The van der Waals surface area contributed by atoms with Gasteiger partial charge in [-0.1, -0.05) is 61.9 Å². The number of halogens is 2. The molecule has 248 valence electrons. The van der Waals surface area contributed by atoms with E-state index < -0.39 is 53.8 Å². The van der Waals surface area contributed by atoms with Crippen molar-refractivity contribution in [3.05, 3.63) is 82.6 Å². The first kappa shape index (κ1) is 36.0. The molecule has 0 saturated carbocycles. The van der Waals surface area contributed by atoms with Crippen molar-refractivity contribution in [2.24, 2.45) is 5.92 Å². The summed E-state index contributed by atoms with van der Waals surface area (Å²) in [6, 6.07) is 8.15. The first-order chi connectivity index (χ1) is 22.0. The third-order valence-corrected chi connectivity index (χ3v) is 7.78. The van der Waals surface area contributed by atoms with Crippen LogP contribution in [-0.4, -0.2) is 67.5 Å². The molecular formula is C33H41ClFN5O6. The Morgan fingerprint density at radius 2 is 1.83 bits per heavy atom. The average Bonchev–Trinajstić information content (AvgIpc) is 3.01. The fourth-order valence-corrected chi connectivity index (χ4v) is 5.13. The number of nitrogens with one attached hydrogen (secondary N) is 5. The number of carbonyl (C=O) groups excluding carboxylic acids is 5. The molecule has 0 bridgehead atoms. The lowest BCUT2D eigenvalue weighted by Gasteiger charge is -2.26. The maximum Gasteiger partial charge on any atom is 0.328 e. The third kappa shape index (κ3) is 11.5. The topological polar surface area (TPSA) is 155 Å². The van der Waals surface area contributed by atoms with E-state index in [0.717, 1.165) is 0 Å². The molecular weight excluding hydrogens is 617 g/mol. The van der Waals surface area contributed by atoms with Crippen molar-refractivity contribution in [2.75, 3.05) is 13.7 Å². The number of amides is 5. The highest BCUT2D eigenvalue weighted by Crippen LogP contribution is 2.17. The number of hydrogen-bond acceptors (Lipinski definition) is 6. The van der Waals surface area contributed by atoms with Crippen molar-refractivity contribution in [1.82, 2.24) is 26.6 Å². The molecule has 0 aliphatic carbocycles. The number of ether oxygens (including phenoxy) is 1. The molecule has 5 amide bonds. The van der Waals surface area contributed by atoms with Crippen LogP contribution in [0.5, 0.6) is 0 Å². The van der Waals surface area contributed by atoms with E-state index in [1.54, 1.807) is 50.2 Å². The average molecular weight is 658 g/mol. The van der Waals surface area contributed by atoms with Crippen molar-refractivity contribution in [3.8, 4) is 0 Å². The zero-order chi connectivity index (χ0) is 33.6. The van der Waals surface area contributed by atoms with E-state index in [1.807, 2.05) is 0 Å². The number of hydrogen-bond donors (Lipinski definition) is 5. The summed E-state index contributed by atoms with van der Waals surface area (Å²) in [5.74, 6) is -2.84. The third-order valence-electron chi connectivity index (χ3n) is 7.42. The fraction of sp³-hybridized carbons (Fsp3) is 0.424. The summed E-state index contributed by atoms with van der Waals surface area (Å²) in [6.07, 6.45) is 4.33. The molecule has 46 heavy (non-hydrogen) atoms. The Kier molecular flexibility index (Phi) is 14.0. The van der Waals surface area contributed by atoms with E-state index in [9.17, 15) is 28.4 Å². The Morgan fingerprint density at radius 3 is 2.52 bits per heavy atom. The SMILES string of the molecule is COC(=O)C(NC(=O)N[C@@H](Cc1ccccc1Cl)C(=O)N[C@H]1CCCCNC(=O)/C=C/[C@H](Cc2cccc(F)c2)NC1=O)C(C)C. The van der Waals surface area contributed by atoms with Crippen molar-refractivity contribution in [2.45, 2.75) is 70.1 Å². The van der Waals surface area contributed by atoms with Crippen LogP contribution in [0.4, 0.5) is 9.18 Å². The van der Waals surface area contributed by atoms with Gasteiger partial charge in [-0.05, 0) is 60.9 Å². The summed E-state index contributed by atoms with van der Waals surface area (Å²) >= 11 is 6.37. The Balaban J connectivity index is 1.83. The molecule has 2 aromatic rings. The van der Waals surface area contributed by atoms with Gasteiger partial charge < -0.3 is 31.3 Å². The van der Waals surface area contributed by atoms with Gasteiger partial charge in [-0.2, -0.15) is 0 Å². The first-order valence-electron chi connectivity index (χ1n) is 15.2. The Bertz CT molecular complexity index is 1420. The minimum Gasteiger partial charge on any atom is -0.467 e. The van der Waals surface area contributed by atoms with Crippen LogP contribution < -0.4 is 26.6 Å². The molecule has 0 saturated heterocycles. The quantitative estimate of drug-likeness (QED) is 0.248. The smallest absolute Gasteiger partial charge is 0.328 e. The van der Waals surface area contributed by atoms with Crippen LogP contribution in [0.15, 0.2) is 60.7 Å². The summed E-state index contributed by atoms with van der Waals surface area (Å²) in [5.41, 5.74) is 1.18. The largest absolute Gasteiger partial charge is 0.467 e. The fourth-order valence-electron chi connectivity index (χ4n) is 4.92. The van der Waals surface area contributed by atoms with Crippen LogP contribution in [0.1, 0.15) is 44.2 Å². The molecule has 4 atom stereocenters. The predicted molar refractivity (Wildman–Crippen MR) is 171 cm³/mol. The molecule has 1 unspecified atom stereocenters. The van der Waals surface area contributed by atoms with Crippen LogP contribution in [0.25, 0.3) is 0 Å². The van der Waals surface area contributed by atoms with E-state index >= 15 is 0 Å². The molecule has 13 heteroatoms. The van der Waals surface area contributed by atoms with Gasteiger partial charge in [0.05, 0.1) is 13.2 Å². The van der Waals surface area contributed by atoms with Crippen molar-refractivity contribution in [1.29, 1.82) is 0 Å². The van der Waals surface area contributed by atoms with Crippen molar-refractivity contribution in [3.63, 3.8) is 0 Å². The number of rotatable bonds is 10. The monoisotopic (exact) mass is 657 g/mol. The Hall–Kier alpha value is -4.45. The summed E-state index contributed by atoms with van der Waals surface area (Å²) in [5, 5.41) is 14.0. The van der Waals surface area contributed by atoms with Gasteiger partial charge in [0.1, 0.15) is 23.9 Å². The number of urea groups is 1. The number of benzene rings is 2. The molecule has 1 aliphatic heterocycles. The van der Waals surface area contributed by atoms with Gasteiger partial charge in [0, 0.05) is 24.1 Å². The second kappa shape index (κ2) is 17.9. The number of carbonyl (C=O) groups is 5. The van der Waals surface area contributed by atoms with Gasteiger partial charge in [0.25, 0.3) is 0 Å². The Labute approximate surface area is 273 Å². The molecule has 0 aromatic heterocycles. The van der Waals surface area contributed by atoms with Crippen LogP contribution in [0.2, 0.25) is 5.02 Å². The summed E-state index contributed by atoms with van der Waals surface area (Å²) in [4.78, 5) is 64.9. The van der Waals surface area contributed by atoms with Gasteiger partial charge >= 0.3 is 12.0 Å². The second-order valence-corrected chi connectivity index (χ2v) is 11.8. The molecule has 0 spiro atoms.